The molecule has 0 aliphatic carbocycles. The largest absolute Gasteiger partial charge is 0.468 e. The first-order valence-electron chi connectivity index (χ1n) is 6.27. The number of carbonyl (C=O) groups excluding carboxylic acids is 2. The van der Waals surface area contributed by atoms with Gasteiger partial charge in [-0.2, -0.15) is 39.2 Å². The summed E-state index contributed by atoms with van der Waals surface area (Å²) in [6.45, 7) is 0.641. The molecule has 0 bridgehead atoms. The standard InChI is InChI=1S/C11H11F7O8S/c1-3-6(19)26-9(7(20)24-2,10(14,15)16)25-5-4-8(12,13)11(17,18)27(21,22)23/h3H,1,4-5H2,2H3,(H,21,22,23). The summed E-state index contributed by atoms with van der Waals surface area (Å²) >= 11 is 0. The molecule has 1 unspecified atom stereocenters. The highest BCUT2D eigenvalue weighted by Gasteiger charge is 2.69. The monoisotopic (exact) mass is 436 g/mol. The molecule has 0 aromatic carbocycles. The molecule has 0 rings (SSSR count). The molecule has 1 N–H and O–H groups in total. The van der Waals surface area contributed by atoms with Gasteiger partial charge in [0, 0.05) is 12.5 Å². The third kappa shape index (κ3) is 5.07. The van der Waals surface area contributed by atoms with Crippen molar-refractivity contribution in [3.05, 3.63) is 12.7 Å². The maximum atomic E-state index is 13.3. The Hall–Kier alpha value is -1.94. The zero-order valence-electron chi connectivity index (χ0n) is 13.1. The van der Waals surface area contributed by atoms with Crippen LogP contribution in [0, 0.1) is 0 Å². The summed E-state index contributed by atoms with van der Waals surface area (Å²) < 4.78 is 132. The molecule has 0 aromatic heterocycles. The zero-order chi connectivity index (χ0) is 21.9. The number of esters is 2. The van der Waals surface area contributed by atoms with Gasteiger partial charge in [0.2, 0.25) is 0 Å². The molecule has 0 aliphatic heterocycles. The van der Waals surface area contributed by atoms with Crippen LogP contribution in [0.3, 0.4) is 0 Å². The predicted octanol–water partition coefficient (Wildman–Crippen LogP) is 1.67. The lowest BCUT2D eigenvalue weighted by Gasteiger charge is -2.32. The van der Waals surface area contributed by atoms with E-state index in [-0.39, 0.29) is 6.08 Å². The Kier molecular flexibility index (Phi) is 7.40. The predicted molar refractivity (Wildman–Crippen MR) is 69.1 cm³/mol. The SMILES string of the molecule is C=CC(=O)OC(OCCC(F)(F)C(F)(F)S(=O)(=O)O)(C(=O)OC)C(F)(F)F. The summed E-state index contributed by atoms with van der Waals surface area (Å²) in [7, 11) is -6.28. The molecule has 0 aliphatic rings. The highest BCUT2D eigenvalue weighted by atomic mass is 32.2. The van der Waals surface area contributed by atoms with E-state index in [2.05, 4.69) is 20.8 Å². The number of rotatable bonds is 9. The van der Waals surface area contributed by atoms with Crippen LogP contribution in [0.4, 0.5) is 30.7 Å². The van der Waals surface area contributed by atoms with E-state index in [1.165, 1.54) is 0 Å². The van der Waals surface area contributed by atoms with Crippen molar-refractivity contribution in [2.24, 2.45) is 0 Å². The lowest BCUT2D eigenvalue weighted by Crippen LogP contribution is -2.58. The van der Waals surface area contributed by atoms with Crippen LogP contribution in [0.25, 0.3) is 0 Å². The average molecular weight is 436 g/mol. The Morgan fingerprint density at radius 1 is 1.11 bits per heavy atom. The van der Waals surface area contributed by atoms with Gasteiger partial charge in [0.1, 0.15) is 0 Å². The molecule has 0 amide bonds. The highest BCUT2D eigenvalue weighted by Crippen LogP contribution is 2.42. The third-order valence-electron chi connectivity index (χ3n) is 2.71. The van der Waals surface area contributed by atoms with E-state index in [4.69, 9.17) is 4.55 Å². The van der Waals surface area contributed by atoms with E-state index in [1.807, 2.05) is 0 Å². The lowest BCUT2D eigenvalue weighted by molar-refractivity contribution is -0.356. The fourth-order valence-corrected chi connectivity index (χ4v) is 1.84. The first kappa shape index (κ1) is 25.1. The minimum atomic E-state index is -6.65. The van der Waals surface area contributed by atoms with Gasteiger partial charge < -0.3 is 14.2 Å². The van der Waals surface area contributed by atoms with E-state index >= 15 is 0 Å². The first-order chi connectivity index (χ1) is 11.9. The van der Waals surface area contributed by atoms with Crippen LogP contribution in [0.1, 0.15) is 6.42 Å². The maximum Gasteiger partial charge on any atom is 0.468 e. The second-order valence-corrected chi connectivity index (χ2v) is 5.99. The number of methoxy groups -OCH3 is 1. The summed E-state index contributed by atoms with van der Waals surface area (Å²) in [6, 6.07) is 0. The summed E-state index contributed by atoms with van der Waals surface area (Å²) in [6.07, 6.45) is -8.24. The Morgan fingerprint density at radius 2 is 1.59 bits per heavy atom. The second kappa shape index (κ2) is 7.97. The number of carbonyl (C=O) groups is 2. The molecule has 0 heterocycles. The molecule has 1 atom stereocenters. The summed E-state index contributed by atoms with van der Waals surface area (Å²) in [5.41, 5.74) is 0. The van der Waals surface area contributed by atoms with Crippen molar-refractivity contribution in [1.29, 1.82) is 0 Å². The second-order valence-electron chi connectivity index (χ2n) is 4.53. The van der Waals surface area contributed by atoms with Gasteiger partial charge in [-0.05, 0) is 0 Å². The maximum absolute atomic E-state index is 13.3. The van der Waals surface area contributed by atoms with Crippen molar-refractivity contribution in [2.75, 3.05) is 13.7 Å². The first-order valence-corrected chi connectivity index (χ1v) is 7.71. The Bertz CT molecular complexity index is 687. The molecule has 0 saturated heterocycles. The minimum absolute atomic E-state index is 0.133. The molecule has 0 aromatic rings. The van der Waals surface area contributed by atoms with Crippen LogP contribution in [-0.4, -0.2) is 61.8 Å². The highest BCUT2D eigenvalue weighted by molar-refractivity contribution is 7.87. The van der Waals surface area contributed by atoms with E-state index in [0.29, 0.717) is 7.11 Å². The summed E-state index contributed by atoms with van der Waals surface area (Å²) in [5, 5.41) is -6.09. The van der Waals surface area contributed by atoms with Gasteiger partial charge in [-0.1, -0.05) is 6.58 Å². The molecule has 8 nitrogen and oxygen atoms in total. The fourth-order valence-electron chi connectivity index (χ4n) is 1.36. The van der Waals surface area contributed by atoms with E-state index in [9.17, 15) is 48.7 Å². The van der Waals surface area contributed by atoms with Crippen molar-refractivity contribution in [1.82, 2.24) is 0 Å². The number of halogens is 7. The van der Waals surface area contributed by atoms with Crippen LogP contribution in [-0.2, 0) is 33.9 Å². The van der Waals surface area contributed by atoms with Gasteiger partial charge in [-0.15, -0.1) is 0 Å². The quantitative estimate of drug-likeness (QED) is 0.191. The van der Waals surface area contributed by atoms with Gasteiger partial charge in [0.25, 0.3) is 0 Å². The van der Waals surface area contributed by atoms with Crippen LogP contribution in [0.2, 0.25) is 0 Å². The molecular formula is C11H11F7O8S. The fraction of sp³-hybridized carbons (Fsp3) is 0.636. The Morgan fingerprint density at radius 3 is 1.93 bits per heavy atom. The van der Waals surface area contributed by atoms with Gasteiger partial charge in [0.05, 0.1) is 13.7 Å². The van der Waals surface area contributed by atoms with Gasteiger partial charge in [0.15, 0.2) is 0 Å². The smallest absolute Gasteiger partial charge is 0.464 e. The normalized spacial score (nSPS) is 15.6. The molecule has 0 saturated carbocycles. The van der Waals surface area contributed by atoms with Crippen molar-refractivity contribution in [3.8, 4) is 0 Å². The van der Waals surface area contributed by atoms with E-state index in [1.54, 1.807) is 0 Å². The average Bonchev–Trinajstić information content (AvgIpc) is 2.50. The minimum Gasteiger partial charge on any atom is -0.464 e. The summed E-state index contributed by atoms with van der Waals surface area (Å²) in [5.74, 6) is -14.6. The number of hydrogen-bond acceptors (Lipinski definition) is 7. The Labute approximate surface area is 146 Å². The number of alkyl halides is 7. The van der Waals surface area contributed by atoms with Crippen LogP contribution < -0.4 is 0 Å². The van der Waals surface area contributed by atoms with Crippen LogP contribution in [0.15, 0.2) is 12.7 Å². The topological polar surface area (TPSA) is 116 Å². The van der Waals surface area contributed by atoms with Crippen molar-refractivity contribution < 1.29 is 67.5 Å². The third-order valence-corrected chi connectivity index (χ3v) is 3.66. The van der Waals surface area contributed by atoms with Crippen LogP contribution in [0.5, 0.6) is 0 Å². The van der Waals surface area contributed by atoms with E-state index in [0.717, 1.165) is 0 Å². The van der Waals surface area contributed by atoms with Crippen LogP contribution >= 0.6 is 0 Å². The lowest BCUT2D eigenvalue weighted by atomic mass is 10.2. The molecule has 0 fully saturated rings. The molecule has 27 heavy (non-hydrogen) atoms. The van der Waals surface area contributed by atoms with Gasteiger partial charge in [-0.25, -0.2) is 9.59 Å². The van der Waals surface area contributed by atoms with Gasteiger partial charge >= 0.3 is 45.2 Å². The number of ether oxygens (including phenoxy) is 3. The van der Waals surface area contributed by atoms with E-state index < -0.39 is 58.2 Å². The van der Waals surface area contributed by atoms with Crippen molar-refractivity contribution in [3.63, 3.8) is 0 Å². The zero-order valence-corrected chi connectivity index (χ0v) is 13.9. The summed E-state index contributed by atoms with van der Waals surface area (Å²) in [4.78, 5) is 22.4. The molecule has 0 radical (unpaired) electrons. The molecule has 158 valence electrons. The van der Waals surface area contributed by atoms with Crippen molar-refractivity contribution in [2.45, 2.75) is 29.6 Å². The Balaban J connectivity index is 5.76. The molecule has 16 heteroatoms. The van der Waals surface area contributed by atoms with Crippen molar-refractivity contribution >= 4 is 22.1 Å². The van der Waals surface area contributed by atoms with Gasteiger partial charge in [-0.3, -0.25) is 4.55 Å². The molecular weight excluding hydrogens is 425 g/mol. The molecule has 0 spiro atoms. The number of hydrogen-bond donors (Lipinski definition) is 1.